The van der Waals surface area contributed by atoms with Gasteiger partial charge in [0.2, 0.25) is 0 Å². The van der Waals surface area contributed by atoms with Gasteiger partial charge < -0.3 is 10.2 Å². The fourth-order valence-electron chi connectivity index (χ4n) is 3.22. The van der Waals surface area contributed by atoms with Crippen LogP contribution in [-0.4, -0.2) is 33.3 Å². The number of amides is 2. The summed E-state index contributed by atoms with van der Waals surface area (Å²) in [5.74, 6) is 0.328. The molecule has 2 saturated carbocycles. The van der Waals surface area contributed by atoms with Crippen LogP contribution in [0.15, 0.2) is 24.3 Å². The molecule has 0 saturated heterocycles. The number of para-hydroxylation sites is 1. The number of nitrogens with one attached hydrogen (secondary N) is 1. The van der Waals surface area contributed by atoms with E-state index >= 15 is 0 Å². The average Bonchev–Trinajstić information content (AvgIpc) is 3.49. The number of anilines is 1. The molecule has 132 valence electrons. The third-order valence-electron chi connectivity index (χ3n) is 5.00. The minimum atomic E-state index is -0.334. The summed E-state index contributed by atoms with van der Waals surface area (Å²) in [7, 11) is 0. The second-order valence-electron chi connectivity index (χ2n) is 7.17. The number of halogens is 1. The third-order valence-corrected chi connectivity index (χ3v) is 5.00. The van der Waals surface area contributed by atoms with E-state index in [9.17, 15) is 9.18 Å². The molecular formula is C19H23FN4O. The quantitative estimate of drug-likeness (QED) is 0.892. The van der Waals surface area contributed by atoms with Gasteiger partial charge in [-0.3, -0.25) is 0 Å². The van der Waals surface area contributed by atoms with E-state index in [1.54, 1.807) is 22.9 Å². The van der Waals surface area contributed by atoms with E-state index in [0.717, 1.165) is 25.1 Å². The van der Waals surface area contributed by atoms with Crippen molar-refractivity contribution >= 4 is 11.7 Å². The zero-order chi connectivity index (χ0) is 17.6. The fraction of sp³-hybridized carbons (Fsp3) is 0.474. The van der Waals surface area contributed by atoms with Crippen molar-refractivity contribution < 1.29 is 9.18 Å². The second-order valence-corrected chi connectivity index (χ2v) is 7.17. The van der Waals surface area contributed by atoms with E-state index in [2.05, 4.69) is 10.4 Å². The zero-order valence-corrected chi connectivity index (χ0v) is 14.6. The summed E-state index contributed by atoms with van der Waals surface area (Å²) in [6, 6.07) is 6.84. The van der Waals surface area contributed by atoms with Crippen LogP contribution < -0.4 is 5.32 Å². The van der Waals surface area contributed by atoms with Gasteiger partial charge in [0.05, 0.1) is 17.1 Å². The van der Waals surface area contributed by atoms with Crippen molar-refractivity contribution in [2.45, 2.75) is 45.6 Å². The topological polar surface area (TPSA) is 50.2 Å². The summed E-state index contributed by atoms with van der Waals surface area (Å²) in [5.41, 5.74) is 2.49. The molecule has 2 fully saturated rings. The van der Waals surface area contributed by atoms with Crippen LogP contribution in [0.3, 0.4) is 0 Å². The Morgan fingerprint density at radius 3 is 2.64 bits per heavy atom. The molecule has 0 spiro atoms. The maximum Gasteiger partial charge on any atom is 0.322 e. The van der Waals surface area contributed by atoms with Crippen molar-refractivity contribution in [3.63, 3.8) is 0 Å². The Morgan fingerprint density at radius 1 is 1.28 bits per heavy atom. The number of aryl methyl sites for hydroxylation is 1. The number of benzene rings is 1. The lowest BCUT2D eigenvalue weighted by atomic mass is 10.2. The van der Waals surface area contributed by atoms with Gasteiger partial charge in [0, 0.05) is 12.6 Å². The van der Waals surface area contributed by atoms with E-state index in [1.807, 2.05) is 18.7 Å². The predicted molar refractivity (Wildman–Crippen MR) is 94.5 cm³/mol. The molecular weight excluding hydrogens is 319 g/mol. The van der Waals surface area contributed by atoms with Crippen LogP contribution in [0.4, 0.5) is 14.9 Å². The van der Waals surface area contributed by atoms with Gasteiger partial charge in [0.1, 0.15) is 11.5 Å². The number of nitrogens with zero attached hydrogens (tertiary/aromatic N) is 3. The van der Waals surface area contributed by atoms with Crippen molar-refractivity contribution in [3.05, 3.63) is 41.5 Å². The zero-order valence-electron chi connectivity index (χ0n) is 14.6. The summed E-state index contributed by atoms with van der Waals surface area (Å²) in [4.78, 5) is 14.7. The van der Waals surface area contributed by atoms with E-state index < -0.39 is 0 Å². The molecule has 2 amide bonds. The molecule has 1 aromatic heterocycles. The van der Waals surface area contributed by atoms with Gasteiger partial charge in [-0.25, -0.2) is 13.9 Å². The number of urea groups is 1. The van der Waals surface area contributed by atoms with E-state index in [4.69, 9.17) is 0 Å². The molecule has 4 rings (SSSR count). The summed E-state index contributed by atoms with van der Waals surface area (Å²) >= 11 is 0. The van der Waals surface area contributed by atoms with Crippen LogP contribution in [-0.2, 0) is 0 Å². The van der Waals surface area contributed by atoms with Crippen molar-refractivity contribution in [1.29, 1.82) is 0 Å². The Hall–Kier alpha value is -2.37. The van der Waals surface area contributed by atoms with Gasteiger partial charge in [-0.2, -0.15) is 5.10 Å². The average molecular weight is 342 g/mol. The van der Waals surface area contributed by atoms with Gasteiger partial charge in [0.25, 0.3) is 0 Å². The van der Waals surface area contributed by atoms with E-state index in [1.165, 1.54) is 18.9 Å². The molecule has 2 aromatic rings. The smallest absolute Gasteiger partial charge is 0.321 e. The molecule has 1 aromatic carbocycles. The number of aromatic nitrogens is 2. The largest absolute Gasteiger partial charge is 0.322 e. The van der Waals surface area contributed by atoms with Crippen LogP contribution in [0.2, 0.25) is 0 Å². The van der Waals surface area contributed by atoms with Crippen LogP contribution in [0.25, 0.3) is 5.69 Å². The van der Waals surface area contributed by atoms with E-state index in [-0.39, 0.29) is 11.8 Å². The Balaban J connectivity index is 1.58. The molecule has 1 N–H and O–H groups in total. The van der Waals surface area contributed by atoms with Gasteiger partial charge in [-0.05, 0) is 57.6 Å². The highest BCUT2D eigenvalue weighted by molar-refractivity contribution is 5.91. The molecule has 0 aliphatic heterocycles. The van der Waals surface area contributed by atoms with E-state index in [0.29, 0.717) is 29.0 Å². The molecule has 0 bridgehead atoms. The standard InChI is InChI=1S/C19H23FN4O/c1-12-18(13(2)24(22-12)17-6-4-3-5-16(17)20)21-19(25)23(15-9-10-15)11-14-7-8-14/h3-6,14-15H,7-11H2,1-2H3,(H,21,25). The fourth-order valence-corrected chi connectivity index (χ4v) is 3.22. The number of hydrogen-bond acceptors (Lipinski definition) is 2. The molecule has 6 heteroatoms. The van der Waals surface area contributed by atoms with Crippen molar-refractivity contribution in [3.8, 4) is 5.69 Å². The number of rotatable bonds is 5. The second kappa shape index (κ2) is 6.17. The first-order chi connectivity index (χ1) is 12.0. The van der Waals surface area contributed by atoms with Crippen molar-refractivity contribution in [2.75, 3.05) is 11.9 Å². The number of carbonyl (C=O) groups is 1. The summed E-state index contributed by atoms with van der Waals surface area (Å²) in [6.07, 6.45) is 4.62. The van der Waals surface area contributed by atoms with Crippen LogP contribution in [0.1, 0.15) is 37.1 Å². The maximum absolute atomic E-state index is 14.1. The molecule has 2 aliphatic rings. The third kappa shape index (κ3) is 3.25. The Labute approximate surface area is 146 Å². The molecule has 0 radical (unpaired) electrons. The summed E-state index contributed by atoms with van der Waals surface area (Å²) in [6.45, 7) is 4.53. The Kier molecular flexibility index (Phi) is 3.98. The maximum atomic E-state index is 14.1. The van der Waals surface area contributed by atoms with Crippen LogP contribution in [0, 0.1) is 25.6 Å². The Bertz CT molecular complexity index is 808. The minimum Gasteiger partial charge on any atom is -0.321 e. The highest BCUT2D eigenvalue weighted by Gasteiger charge is 2.37. The molecule has 1 heterocycles. The molecule has 0 atom stereocenters. The highest BCUT2D eigenvalue weighted by atomic mass is 19.1. The number of carbonyl (C=O) groups excluding carboxylic acids is 1. The summed E-state index contributed by atoms with van der Waals surface area (Å²) in [5, 5.41) is 7.45. The van der Waals surface area contributed by atoms with Gasteiger partial charge in [-0.1, -0.05) is 12.1 Å². The Morgan fingerprint density at radius 2 is 2.00 bits per heavy atom. The van der Waals surface area contributed by atoms with Crippen molar-refractivity contribution in [2.24, 2.45) is 5.92 Å². The predicted octanol–water partition coefficient (Wildman–Crippen LogP) is 4.03. The van der Waals surface area contributed by atoms with Gasteiger partial charge >= 0.3 is 6.03 Å². The first-order valence-corrected chi connectivity index (χ1v) is 8.93. The molecule has 5 nitrogen and oxygen atoms in total. The minimum absolute atomic E-state index is 0.0614. The molecule has 25 heavy (non-hydrogen) atoms. The first-order valence-electron chi connectivity index (χ1n) is 8.93. The normalized spacial score (nSPS) is 16.8. The lowest BCUT2D eigenvalue weighted by Crippen LogP contribution is -2.38. The van der Waals surface area contributed by atoms with Crippen LogP contribution >= 0.6 is 0 Å². The lowest BCUT2D eigenvalue weighted by Gasteiger charge is -2.22. The number of hydrogen-bond donors (Lipinski definition) is 1. The first kappa shape index (κ1) is 16.1. The van der Waals surface area contributed by atoms with Gasteiger partial charge in [0.15, 0.2) is 0 Å². The van der Waals surface area contributed by atoms with Crippen LogP contribution in [0.5, 0.6) is 0 Å². The SMILES string of the molecule is Cc1nn(-c2ccccc2F)c(C)c1NC(=O)N(CC1CC1)C1CC1. The lowest BCUT2D eigenvalue weighted by molar-refractivity contribution is 0.206. The molecule has 0 unspecified atom stereocenters. The van der Waals surface area contributed by atoms with Gasteiger partial charge in [-0.15, -0.1) is 0 Å². The monoisotopic (exact) mass is 342 g/mol. The highest BCUT2D eigenvalue weighted by Crippen LogP contribution is 2.35. The van der Waals surface area contributed by atoms with Crippen molar-refractivity contribution in [1.82, 2.24) is 14.7 Å². The summed E-state index contributed by atoms with van der Waals surface area (Å²) < 4.78 is 15.7. The molecule has 2 aliphatic carbocycles.